The van der Waals surface area contributed by atoms with Gasteiger partial charge in [0, 0.05) is 21.8 Å². The lowest BCUT2D eigenvalue weighted by Crippen LogP contribution is -2.13. The topological polar surface area (TPSA) is 9.23 Å². The van der Waals surface area contributed by atoms with Crippen LogP contribution in [0.15, 0.2) is 12.1 Å². The van der Waals surface area contributed by atoms with Crippen molar-refractivity contribution in [3.63, 3.8) is 0 Å². The third kappa shape index (κ3) is 2.23. The smallest absolute Gasteiger partial charge is 0.127 e. The van der Waals surface area contributed by atoms with Gasteiger partial charge in [0.15, 0.2) is 0 Å². The first-order chi connectivity index (χ1) is 7.39. The van der Waals surface area contributed by atoms with Crippen molar-refractivity contribution < 1.29 is 4.74 Å². The maximum atomic E-state index is 6.15. The van der Waals surface area contributed by atoms with E-state index in [1.165, 1.54) is 11.1 Å². The molecule has 1 unspecified atom stereocenters. The first-order valence-corrected chi connectivity index (χ1v) is 6.78. The van der Waals surface area contributed by atoms with Gasteiger partial charge in [-0.25, -0.2) is 0 Å². The van der Waals surface area contributed by atoms with Gasteiger partial charge in [-0.3, -0.25) is 0 Å². The van der Waals surface area contributed by atoms with Crippen molar-refractivity contribution in [2.45, 2.75) is 32.0 Å². The van der Waals surface area contributed by atoms with Crippen molar-refractivity contribution in [2.75, 3.05) is 6.61 Å². The van der Waals surface area contributed by atoms with Crippen LogP contribution in [0.1, 0.15) is 36.7 Å². The number of benzene rings is 1. The van der Waals surface area contributed by atoms with E-state index in [0.29, 0.717) is 0 Å². The molecule has 0 radical (unpaired) electrons. The number of ether oxygens (including phenoxy) is 1. The second kappa shape index (κ2) is 4.23. The minimum Gasteiger partial charge on any atom is -0.493 e. The fourth-order valence-electron chi connectivity index (χ4n) is 1.95. The predicted molar refractivity (Wildman–Crippen MR) is 71.8 cm³/mol. The lowest BCUT2D eigenvalue weighted by atomic mass is 9.87. The van der Waals surface area contributed by atoms with E-state index in [1.54, 1.807) is 0 Å². The number of hydrogen-bond donors (Lipinski definition) is 0. The summed E-state index contributed by atoms with van der Waals surface area (Å²) in [6.45, 7) is 7.38. The van der Waals surface area contributed by atoms with Gasteiger partial charge in [0.25, 0.3) is 0 Å². The van der Waals surface area contributed by atoms with Gasteiger partial charge in [-0.1, -0.05) is 48.3 Å². The highest BCUT2D eigenvalue weighted by Crippen LogP contribution is 2.47. The molecule has 1 aromatic carbocycles. The summed E-state index contributed by atoms with van der Waals surface area (Å²) in [4.78, 5) is 0.255. The van der Waals surface area contributed by atoms with Crippen LogP contribution in [0.3, 0.4) is 0 Å². The molecule has 0 spiro atoms. The normalized spacial score (nSPS) is 16.8. The summed E-state index contributed by atoms with van der Waals surface area (Å²) in [7, 11) is 0. The zero-order chi connectivity index (χ0) is 11.9. The molecule has 88 valence electrons. The van der Waals surface area contributed by atoms with Crippen LogP contribution < -0.4 is 4.74 Å². The van der Waals surface area contributed by atoms with Crippen molar-refractivity contribution in [1.29, 1.82) is 0 Å². The number of hydrogen-bond acceptors (Lipinski definition) is 1. The third-order valence-corrected chi connectivity index (χ3v) is 4.90. The van der Waals surface area contributed by atoms with E-state index in [1.807, 2.05) is 12.1 Å². The minimum absolute atomic E-state index is 0.143. The molecular weight excluding hydrogens is 287 g/mol. The van der Waals surface area contributed by atoms with Crippen molar-refractivity contribution in [3.05, 3.63) is 28.3 Å². The van der Waals surface area contributed by atoms with E-state index in [-0.39, 0.29) is 10.2 Å². The summed E-state index contributed by atoms with van der Waals surface area (Å²) in [6, 6.07) is 4.02. The van der Waals surface area contributed by atoms with Crippen LogP contribution in [-0.2, 0) is 6.42 Å². The van der Waals surface area contributed by atoms with Crippen molar-refractivity contribution in [2.24, 2.45) is 5.41 Å². The summed E-state index contributed by atoms with van der Waals surface area (Å²) in [5.41, 5.74) is 2.55. The maximum absolute atomic E-state index is 6.15. The van der Waals surface area contributed by atoms with Crippen LogP contribution >= 0.6 is 27.5 Å². The summed E-state index contributed by atoms with van der Waals surface area (Å²) in [6.07, 6.45) is 0.965. The third-order valence-electron chi connectivity index (χ3n) is 2.81. The summed E-state index contributed by atoms with van der Waals surface area (Å²) < 4.78 is 5.71. The Labute approximate surface area is 110 Å². The van der Waals surface area contributed by atoms with E-state index in [2.05, 4.69) is 36.7 Å². The fraction of sp³-hybridized carbons (Fsp3) is 0.538. The molecule has 16 heavy (non-hydrogen) atoms. The average Bonchev–Trinajstić information content (AvgIpc) is 2.61. The molecule has 1 heterocycles. The molecule has 3 heteroatoms. The Morgan fingerprint density at radius 3 is 2.69 bits per heavy atom. The van der Waals surface area contributed by atoms with Gasteiger partial charge in [0.1, 0.15) is 5.75 Å². The Hall–Kier alpha value is -0.210. The highest BCUT2D eigenvalue weighted by atomic mass is 79.9. The Morgan fingerprint density at radius 1 is 1.38 bits per heavy atom. The molecule has 0 bridgehead atoms. The standard InChI is InChI=1S/C13H16BrClO/c1-13(2,3)12(14)10-7-9(15)6-8-4-5-16-11(8)10/h6-7,12H,4-5H2,1-3H3. The SMILES string of the molecule is CC(C)(C)C(Br)c1cc(Cl)cc2c1OCC2. The molecule has 1 atom stereocenters. The second-order valence-electron chi connectivity index (χ2n) is 5.31. The van der Waals surface area contributed by atoms with Gasteiger partial charge in [0.2, 0.25) is 0 Å². The molecule has 0 saturated carbocycles. The van der Waals surface area contributed by atoms with Gasteiger partial charge in [-0.15, -0.1) is 0 Å². The van der Waals surface area contributed by atoms with Crippen LogP contribution in [-0.4, -0.2) is 6.61 Å². The molecule has 0 aromatic heterocycles. The molecule has 0 saturated heterocycles. The van der Waals surface area contributed by atoms with Crippen LogP contribution in [0.25, 0.3) is 0 Å². The first kappa shape index (κ1) is 12.3. The Kier molecular flexibility index (Phi) is 3.24. The van der Waals surface area contributed by atoms with Crippen molar-refractivity contribution >= 4 is 27.5 Å². The molecule has 0 aliphatic carbocycles. The van der Waals surface area contributed by atoms with Crippen molar-refractivity contribution in [3.8, 4) is 5.75 Å². The first-order valence-electron chi connectivity index (χ1n) is 5.49. The molecule has 0 amide bonds. The molecule has 1 aliphatic rings. The minimum atomic E-state index is 0.143. The van der Waals surface area contributed by atoms with Gasteiger partial charge >= 0.3 is 0 Å². The van der Waals surface area contributed by atoms with Crippen LogP contribution in [0, 0.1) is 5.41 Å². The highest BCUT2D eigenvalue weighted by molar-refractivity contribution is 9.09. The number of halogens is 2. The van der Waals surface area contributed by atoms with Crippen LogP contribution in [0.2, 0.25) is 5.02 Å². The molecule has 0 N–H and O–H groups in total. The number of alkyl halides is 1. The van der Waals surface area contributed by atoms with Gasteiger partial charge in [-0.2, -0.15) is 0 Å². The van der Waals surface area contributed by atoms with E-state index in [9.17, 15) is 0 Å². The summed E-state index contributed by atoms with van der Waals surface area (Å²) >= 11 is 9.90. The molecule has 0 fully saturated rings. The van der Waals surface area contributed by atoms with E-state index < -0.39 is 0 Å². The number of rotatable bonds is 1. The molecule has 1 aromatic rings. The Bertz CT molecular complexity index is 409. The lowest BCUT2D eigenvalue weighted by Gasteiger charge is -2.27. The van der Waals surface area contributed by atoms with E-state index in [0.717, 1.165) is 23.8 Å². The van der Waals surface area contributed by atoms with E-state index >= 15 is 0 Å². The van der Waals surface area contributed by atoms with Gasteiger partial charge in [0.05, 0.1) is 6.61 Å². The molecule has 1 aliphatic heterocycles. The average molecular weight is 304 g/mol. The zero-order valence-corrected chi connectivity index (χ0v) is 12.2. The van der Waals surface area contributed by atoms with Crippen LogP contribution in [0.5, 0.6) is 5.75 Å². The lowest BCUT2D eigenvalue weighted by molar-refractivity contribution is 0.342. The molecular formula is C13H16BrClO. The van der Waals surface area contributed by atoms with Crippen LogP contribution in [0.4, 0.5) is 0 Å². The fourth-order valence-corrected chi connectivity index (χ4v) is 2.54. The number of fused-ring (bicyclic) bond motifs is 1. The highest BCUT2D eigenvalue weighted by Gasteiger charge is 2.29. The maximum Gasteiger partial charge on any atom is 0.127 e. The van der Waals surface area contributed by atoms with Gasteiger partial charge < -0.3 is 4.74 Å². The quantitative estimate of drug-likeness (QED) is 0.680. The van der Waals surface area contributed by atoms with E-state index in [4.69, 9.17) is 16.3 Å². The Balaban J connectivity index is 2.49. The molecule has 2 rings (SSSR count). The summed E-state index contributed by atoms with van der Waals surface area (Å²) in [5.74, 6) is 1.03. The second-order valence-corrected chi connectivity index (χ2v) is 6.66. The summed E-state index contributed by atoms with van der Waals surface area (Å²) in [5, 5.41) is 0.799. The largest absolute Gasteiger partial charge is 0.493 e. The predicted octanol–water partition coefficient (Wildman–Crippen LogP) is 4.76. The Morgan fingerprint density at radius 2 is 2.06 bits per heavy atom. The zero-order valence-electron chi connectivity index (χ0n) is 9.81. The van der Waals surface area contributed by atoms with Crippen molar-refractivity contribution in [1.82, 2.24) is 0 Å². The monoisotopic (exact) mass is 302 g/mol. The molecule has 1 nitrogen and oxygen atoms in total. The van der Waals surface area contributed by atoms with Gasteiger partial charge in [-0.05, 0) is 23.1 Å².